The van der Waals surface area contributed by atoms with Gasteiger partial charge in [0.2, 0.25) is 0 Å². The van der Waals surface area contributed by atoms with Crippen molar-refractivity contribution in [1.29, 1.82) is 0 Å². The molecule has 3 rings (SSSR count). The summed E-state index contributed by atoms with van der Waals surface area (Å²) in [6.07, 6.45) is 1.55. The number of amides is 2. The van der Waals surface area contributed by atoms with Crippen LogP contribution in [-0.4, -0.2) is 59.8 Å². The molecule has 1 aliphatic rings. The van der Waals surface area contributed by atoms with Gasteiger partial charge in [-0.1, -0.05) is 6.07 Å². The Kier molecular flexibility index (Phi) is 4.90. The van der Waals surface area contributed by atoms with Crippen molar-refractivity contribution in [2.24, 2.45) is 0 Å². The van der Waals surface area contributed by atoms with E-state index in [0.717, 1.165) is 13.1 Å². The standard InChI is InChI=1S/C17H20N4O3/c1-20-7-9-21(10-8-20)17(23)15-6-2-5-14(19-15)16(22)18-12-13-4-3-11-24-13/h2-6,11H,7-10,12H2,1H3,(H,18,22). The van der Waals surface area contributed by atoms with Crippen LogP contribution in [0.15, 0.2) is 41.0 Å². The lowest BCUT2D eigenvalue weighted by Gasteiger charge is -2.32. The average Bonchev–Trinajstić information content (AvgIpc) is 3.13. The van der Waals surface area contributed by atoms with Crippen molar-refractivity contribution in [2.75, 3.05) is 33.2 Å². The molecule has 126 valence electrons. The number of nitrogens with one attached hydrogen (secondary N) is 1. The Balaban J connectivity index is 1.64. The number of piperazine rings is 1. The van der Waals surface area contributed by atoms with E-state index >= 15 is 0 Å². The van der Waals surface area contributed by atoms with Gasteiger partial charge in [0.1, 0.15) is 17.1 Å². The van der Waals surface area contributed by atoms with Gasteiger partial charge in [-0.15, -0.1) is 0 Å². The minimum Gasteiger partial charge on any atom is -0.467 e. The third kappa shape index (κ3) is 3.80. The van der Waals surface area contributed by atoms with Crippen molar-refractivity contribution in [3.8, 4) is 0 Å². The molecule has 0 atom stereocenters. The highest BCUT2D eigenvalue weighted by atomic mass is 16.3. The maximum Gasteiger partial charge on any atom is 0.272 e. The van der Waals surface area contributed by atoms with Crippen LogP contribution in [0.1, 0.15) is 26.7 Å². The molecule has 0 unspecified atom stereocenters. The van der Waals surface area contributed by atoms with Gasteiger partial charge in [0.25, 0.3) is 11.8 Å². The molecular weight excluding hydrogens is 308 g/mol. The molecule has 0 radical (unpaired) electrons. The van der Waals surface area contributed by atoms with Crippen LogP contribution in [0.2, 0.25) is 0 Å². The van der Waals surface area contributed by atoms with Gasteiger partial charge in [0.15, 0.2) is 0 Å². The molecule has 0 bridgehead atoms. The minimum absolute atomic E-state index is 0.135. The second-order valence-electron chi connectivity index (χ2n) is 5.77. The number of carbonyl (C=O) groups is 2. The largest absolute Gasteiger partial charge is 0.467 e. The maximum atomic E-state index is 12.5. The molecule has 1 aliphatic heterocycles. The summed E-state index contributed by atoms with van der Waals surface area (Å²) < 4.78 is 5.17. The van der Waals surface area contributed by atoms with Gasteiger partial charge >= 0.3 is 0 Å². The van der Waals surface area contributed by atoms with E-state index in [9.17, 15) is 9.59 Å². The van der Waals surface area contributed by atoms with Gasteiger partial charge < -0.3 is 19.5 Å². The van der Waals surface area contributed by atoms with Gasteiger partial charge in [-0.2, -0.15) is 0 Å². The number of likely N-dealkylation sites (N-methyl/N-ethyl adjacent to an activating group) is 1. The lowest BCUT2D eigenvalue weighted by Crippen LogP contribution is -2.47. The predicted molar refractivity (Wildman–Crippen MR) is 87.5 cm³/mol. The fourth-order valence-electron chi connectivity index (χ4n) is 2.52. The number of furan rings is 1. The fraction of sp³-hybridized carbons (Fsp3) is 0.353. The van der Waals surface area contributed by atoms with Crippen molar-refractivity contribution in [1.82, 2.24) is 20.1 Å². The molecule has 7 heteroatoms. The van der Waals surface area contributed by atoms with Gasteiger partial charge in [-0.3, -0.25) is 9.59 Å². The number of aromatic nitrogens is 1. The third-order valence-corrected chi connectivity index (χ3v) is 3.99. The van der Waals surface area contributed by atoms with E-state index in [4.69, 9.17) is 4.42 Å². The van der Waals surface area contributed by atoms with Crippen LogP contribution in [0.3, 0.4) is 0 Å². The monoisotopic (exact) mass is 328 g/mol. The molecule has 2 aromatic rings. The molecule has 0 spiro atoms. The van der Waals surface area contributed by atoms with Gasteiger partial charge in [0, 0.05) is 26.2 Å². The smallest absolute Gasteiger partial charge is 0.272 e. The van der Waals surface area contributed by atoms with Gasteiger partial charge in [0.05, 0.1) is 12.8 Å². The van der Waals surface area contributed by atoms with Crippen molar-refractivity contribution < 1.29 is 14.0 Å². The van der Waals surface area contributed by atoms with E-state index < -0.39 is 0 Å². The normalized spacial score (nSPS) is 15.3. The second kappa shape index (κ2) is 7.27. The first-order chi connectivity index (χ1) is 11.6. The van der Waals surface area contributed by atoms with Gasteiger partial charge in [-0.25, -0.2) is 4.98 Å². The lowest BCUT2D eigenvalue weighted by molar-refractivity contribution is 0.0658. The number of hydrogen-bond acceptors (Lipinski definition) is 5. The van der Waals surface area contributed by atoms with Gasteiger partial charge in [-0.05, 0) is 31.3 Å². The topological polar surface area (TPSA) is 78.7 Å². The van der Waals surface area contributed by atoms with E-state index in [0.29, 0.717) is 24.5 Å². The highest BCUT2D eigenvalue weighted by Crippen LogP contribution is 2.08. The van der Waals surface area contributed by atoms with Crippen molar-refractivity contribution in [3.63, 3.8) is 0 Å². The van der Waals surface area contributed by atoms with E-state index in [1.807, 2.05) is 7.05 Å². The fourth-order valence-corrected chi connectivity index (χ4v) is 2.52. The number of pyridine rings is 1. The number of carbonyl (C=O) groups excluding carboxylic acids is 2. The molecule has 24 heavy (non-hydrogen) atoms. The Morgan fingerprint density at radius 2 is 1.88 bits per heavy atom. The van der Waals surface area contributed by atoms with Crippen molar-refractivity contribution >= 4 is 11.8 Å². The molecule has 7 nitrogen and oxygen atoms in total. The van der Waals surface area contributed by atoms with Crippen LogP contribution < -0.4 is 5.32 Å². The van der Waals surface area contributed by atoms with E-state index in [-0.39, 0.29) is 24.1 Å². The van der Waals surface area contributed by atoms with E-state index in [1.165, 1.54) is 0 Å². The number of rotatable bonds is 4. The highest BCUT2D eigenvalue weighted by molar-refractivity contribution is 5.96. The summed E-state index contributed by atoms with van der Waals surface area (Å²) in [5.41, 5.74) is 0.520. The van der Waals surface area contributed by atoms with Crippen LogP contribution in [0, 0.1) is 0 Å². The summed E-state index contributed by atoms with van der Waals surface area (Å²) in [7, 11) is 2.03. The molecule has 2 aromatic heterocycles. The van der Waals surface area contributed by atoms with Crippen LogP contribution in [-0.2, 0) is 6.54 Å². The second-order valence-corrected chi connectivity index (χ2v) is 5.77. The summed E-state index contributed by atoms with van der Waals surface area (Å²) >= 11 is 0. The first kappa shape index (κ1) is 16.2. The molecule has 1 N–H and O–H groups in total. The molecule has 3 heterocycles. The summed E-state index contributed by atoms with van der Waals surface area (Å²) in [5.74, 6) is 0.191. The lowest BCUT2D eigenvalue weighted by atomic mass is 10.2. The summed E-state index contributed by atoms with van der Waals surface area (Å²) in [6.45, 7) is 3.31. The zero-order valence-corrected chi connectivity index (χ0v) is 13.6. The quantitative estimate of drug-likeness (QED) is 0.905. The van der Waals surface area contributed by atoms with Crippen LogP contribution in [0.5, 0.6) is 0 Å². The summed E-state index contributed by atoms with van der Waals surface area (Å²) in [5, 5.41) is 2.73. The van der Waals surface area contributed by atoms with Crippen molar-refractivity contribution in [2.45, 2.75) is 6.54 Å². The van der Waals surface area contributed by atoms with E-state index in [2.05, 4.69) is 15.2 Å². The van der Waals surface area contributed by atoms with Crippen LogP contribution in [0.25, 0.3) is 0 Å². The van der Waals surface area contributed by atoms with E-state index in [1.54, 1.807) is 41.5 Å². The number of nitrogens with zero attached hydrogens (tertiary/aromatic N) is 3. The maximum absolute atomic E-state index is 12.5. The highest BCUT2D eigenvalue weighted by Gasteiger charge is 2.22. The first-order valence-corrected chi connectivity index (χ1v) is 7.89. The zero-order chi connectivity index (χ0) is 16.9. The van der Waals surface area contributed by atoms with Crippen LogP contribution in [0.4, 0.5) is 0 Å². The Morgan fingerprint density at radius 3 is 2.58 bits per heavy atom. The Morgan fingerprint density at radius 1 is 1.12 bits per heavy atom. The molecule has 2 amide bonds. The molecular formula is C17H20N4O3. The van der Waals surface area contributed by atoms with Crippen LogP contribution >= 0.6 is 0 Å². The summed E-state index contributed by atoms with van der Waals surface area (Å²) in [4.78, 5) is 32.9. The Bertz CT molecular complexity index is 706. The molecule has 1 fully saturated rings. The third-order valence-electron chi connectivity index (χ3n) is 3.99. The molecule has 1 saturated heterocycles. The van der Waals surface area contributed by atoms with Crippen molar-refractivity contribution in [3.05, 3.63) is 53.7 Å². The Labute approximate surface area is 140 Å². The minimum atomic E-state index is -0.334. The SMILES string of the molecule is CN1CCN(C(=O)c2cccc(C(=O)NCc3ccco3)n2)CC1. The Hall–Kier alpha value is -2.67. The molecule has 0 aromatic carbocycles. The molecule has 0 aliphatic carbocycles. The summed E-state index contributed by atoms with van der Waals surface area (Å²) in [6, 6.07) is 8.45. The zero-order valence-electron chi connectivity index (χ0n) is 13.6. The first-order valence-electron chi connectivity index (χ1n) is 7.89. The predicted octanol–water partition coefficient (Wildman–Crippen LogP) is 0.992. The molecule has 0 saturated carbocycles. The average molecular weight is 328 g/mol. The number of hydrogen-bond donors (Lipinski definition) is 1.